The molecule has 3 aromatic rings. The maximum Gasteiger partial charge on any atom is 0.183 e. The minimum absolute atomic E-state index is 0.162. The number of carbonyl (C=O) groups excluding carboxylic acids is 1. The van der Waals surface area contributed by atoms with Gasteiger partial charge in [0.1, 0.15) is 6.33 Å². The average molecular weight is 391 g/mol. The highest BCUT2D eigenvalue weighted by atomic mass is 16.1. The summed E-state index contributed by atoms with van der Waals surface area (Å²) in [6.45, 7) is 8.72. The van der Waals surface area contributed by atoms with Crippen LogP contribution in [-0.2, 0) is 18.4 Å². The summed E-state index contributed by atoms with van der Waals surface area (Å²) < 4.78 is 3.41. The summed E-state index contributed by atoms with van der Waals surface area (Å²) in [5, 5.41) is 9.84. The lowest BCUT2D eigenvalue weighted by atomic mass is 9.90. The zero-order valence-electron chi connectivity index (χ0n) is 16.9. The van der Waals surface area contributed by atoms with Gasteiger partial charge in [0.15, 0.2) is 11.6 Å². The van der Waals surface area contributed by atoms with E-state index in [2.05, 4.69) is 21.8 Å². The molecule has 0 aliphatic rings. The van der Waals surface area contributed by atoms with Crippen LogP contribution in [0.1, 0.15) is 25.3 Å². The van der Waals surface area contributed by atoms with Gasteiger partial charge in [0.2, 0.25) is 0 Å². The number of aromatic nitrogens is 5. The molecule has 3 rings (SSSR count). The summed E-state index contributed by atoms with van der Waals surface area (Å²) in [7, 11) is 1.80. The van der Waals surface area contributed by atoms with E-state index < -0.39 is 0 Å². The van der Waals surface area contributed by atoms with Gasteiger partial charge in [0.05, 0.1) is 11.9 Å². The van der Waals surface area contributed by atoms with Crippen LogP contribution in [0.3, 0.4) is 0 Å². The molecule has 150 valence electrons. The molecule has 0 amide bonds. The lowest BCUT2D eigenvalue weighted by molar-refractivity contribution is -0.111. The number of nitrogens with zero attached hydrogens (tertiary/aromatic N) is 6. The Hall–Kier alpha value is -3.52. The Balaban J connectivity index is 1.71. The van der Waals surface area contributed by atoms with E-state index in [0.29, 0.717) is 17.1 Å². The summed E-state index contributed by atoms with van der Waals surface area (Å²) in [5.74, 6) is 6.25. The fourth-order valence-electron chi connectivity index (χ4n) is 2.82. The topological polar surface area (TPSA) is 94.9 Å². The molecule has 29 heavy (non-hydrogen) atoms. The fraction of sp³-hybridized carbons (Fsp3) is 0.238. The number of aryl methyl sites for hydroxylation is 2. The Morgan fingerprint density at radius 2 is 2.21 bits per heavy atom. The lowest BCUT2D eigenvalue weighted by Crippen LogP contribution is -2.24. The molecule has 0 fully saturated rings. The van der Waals surface area contributed by atoms with E-state index in [9.17, 15) is 4.79 Å². The molecule has 8 nitrogen and oxygen atoms in total. The van der Waals surface area contributed by atoms with Gasteiger partial charge in [-0.2, -0.15) is 10.2 Å². The normalized spacial score (nSPS) is 12.3. The Kier molecular flexibility index (Phi) is 6.04. The van der Waals surface area contributed by atoms with Crippen molar-refractivity contribution in [3.63, 3.8) is 0 Å². The number of benzene rings is 1. The Bertz CT molecular complexity index is 1050. The van der Waals surface area contributed by atoms with Crippen molar-refractivity contribution < 1.29 is 4.79 Å². The number of carbonyl (C=O) groups is 1. The van der Waals surface area contributed by atoms with Crippen LogP contribution < -0.4 is 10.9 Å². The first-order valence-corrected chi connectivity index (χ1v) is 9.32. The molecule has 0 spiro atoms. The molecule has 2 heterocycles. The number of rotatable bonds is 8. The molecule has 0 aliphatic heterocycles. The van der Waals surface area contributed by atoms with Crippen LogP contribution >= 0.6 is 0 Å². The second kappa shape index (κ2) is 8.66. The molecule has 0 saturated heterocycles. The summed E-state index contributed by atoms with van der Waals surface area (Å²) in [4.78, 5) is 16.9. The minimum Gasteiger partial charge on any atom is -0.290 e. The van der Waals surface area contributed by atoms with E-state index in [1.807, 2.05) is 38.1 Å². The van der Waals surface area contributed by atoms with Gasteiger partial charge >= 0.3 is 0 Å². The van der Waals surface area contributed by atoms with Crippen molar-refractivity contribution in [2.45, 2.75) is 26.3 Å². The molecule has 2 N–H and O–H groups in total. The van der Waals surface area contributed by atoms with E-state index in [1.54, 1.807) is 35.1 Å². The van der Waals surface area contributed by atoms with Crippen LogP contribution in [0.5, 0.6) is 0 Å². The number of nitrogens with two attached hydrogens (primary N) is 1. The van der Waals surface area contributed by atoms with Gasteiger partial charge in [-0.15, -0.1) is 0 Å². The number of allylic oxidation sites excluding steroid dienone is 2. The van der Waals surface area contributed by atoms with Crippen molar-refractivity contribution in [3.8, 4) is 11.4 Å². The first-order valence-electron chi connectivity index (χ1n) is 9.32. The van der Waals surface area contributed by atoms with Gasteiger partial charge in [0.25, 0.3) is 0 Å². The summed E-state index contributed by atoms with van der Waals surface area (Å²) in [5.41, 5.74) is 3.04. The van der Waals surface area contributed by atoms with E-state index in [0.717, 1.165) is 17.7 Å². The maximum absolute atomic E-state index is 12.6. The predicted octanol–water partition coefficient (Wildman–Crippen LogP) is 2.82. The predicted molar refractivity (Wildman–Crippen MR) is 113 cm³/mol. The molecule has 0 radical (unpaired) electrons. The van der Waals surface area contributed by atoms with Crippen molar-refractivity contribution in [1.29, 1.82) is 0 Å². The number of hydrazine groups is 1. The third-order valence-electron chi connectivity index (χ3n) is 4.72. The van der Waals surface area contributed by atoms with Crippen molar-refractivity contribution in [2.75, 3.05) is 5.01 Å². The second-order valence-electron chi connectivity index (χ2n) is 6.76. The third-order valence-corrected chi connectivity index (χ3v) is 4.72. The van der Waals surface area contributed by atoms with Gasteiger partial charge < -0.3 is 0 Å². The summed E-state index contributed by atoms with van der Waals surface area (Å²) in [6, 6.07) is 7.85. The monoisotopic (exact) mass is 391 g/mol. The Morgan fingerprint density at radius 1 is 1.41 bits per heavy atom. The highest BCUT2D eigenvalue weighted by molar-refractivity contribution is 6.04. The molecular formula is C21H25N7O. The minimum atomic E-state index is -0.185. The second-order valence-corrected chi connectivity index (χ2v) is 6.76. The first kappa shape index (κ1) is 20.2. The largest absolute Gasteiger partial charge is 0.290 e. The molecule has 0 bridgehead atoms. The fourth-order valence-corrected chi connectivity index (χ4v) is 2.82. The number of hydrogen-bond acceptors (Lipinski definition) is 6. The van der Waals surface area contributed by atoms with Crippen molar-refractivity contribution >= 4 is 11.5 Å². The Morgan fingerprint density at radius 3 is 2.86 bits per heavy atom. The number of hydrogen-bond donors (Lipinski definition) is 1. The van der Waals surface area contributed by atoms with Crippen molar-refractivity contribution in [2.24, 2.45) is 12.9 Å². The summed E-state index contributed by atoms with van der Waals surface area (Å²) >= 11 is 0. The van der Waals surface area contributed by atoms with E-state index in [-0.39, 0.29) is 11.7 Å². The van der Waals surface area contributed by atoms with Crippen molar-refractivity contribution in [3.05, 3.63) is 73.0 Å². The average Bonchev–Trinajstić information content (AvgIpc) is 3.39. The van der Waals surface area contributed by atoms with Gasteiger partial charge in [-0.05, 0) is 24.1 Å². The highest BCUT2D eigenvalue weighted by Crippen LogP contribution is 2.27. The summed E-state index contributed by atoms with van der Waals surface area (Å²) in [6.07, 6.45) is 8.01. The molecule has 8 heteroatoms. The van der Waals surface area contributed by atoms with E-state index >= 15 is 0 Å². The quantitative estimate of drug-likeness (QED) is 0.360. The van der Waals surface area contributed by atoms with Crippen LogP contribution in [0.25, 0.3) is 11.4 Å². The van der Waals surface area contributed by atoms with E-state index in [1.165, 1.54) is 17.3 Å². The molecular weight excluding hydrogens is 366 g/mol. The third kappa shape index (κ3) is 4.67. The molecule has 2 aromatic heterocycles. The maximum atomic E-state index is 12.6. The standard InChI is InChI=1S/C21H25N7O/c1-5-27-14-23-21(25-27)18-8-6-7-17(11-18)15(2)16(3)20(29)9-10-28(22)19-12-24-26(4)13-19/h6-15H,3,5,22H2,1-2,4H3/b10-9-. The zero-order valence-corrected chi connectivity index (χ0v) is 16.9. The number of ketones is 1. The number of anilines is 1. The van der Waals surface area contributed by atoms with Gasteiger partial charge in [-0.1, -0.05) is 31.7 Å². The Labute approximate surface area is 169 Å². The SMILES string of the molecule is C=C(C(=O)/C=C\N(N)c1cnn(C)c1)C(C)c1cccc(-c2ncn(CC)n2)c1. The first-order chi connectivity index (χ1) is 13.9. The molecule has 1 atom stereocenters. The highest BCUT2D eigenvalue weighted by Gasteiger charge is 2.16. The lowest BCUT2D eigenvalue weighted by Gasteiger charge is -2.14. The van der Waals surface area contributed by atoms with Gasteiger partial charge in [-0.3, -0.25) is 19.2 Å². The van der Waals surface area contributed by atoms with Crippen molar-refractivity contribution in [1.82, 2.24) is 24.5 Å². The smallest absolute Gasteiger partial charge is 0.183 e. The molecule has 0 aliphatic carbocycles. The van der Waals surface area contributed by atoms with Crippen LogP contribution in [0.2, 0.25) is 0 Å². The van der Waals surface area contributed by atoms with Crippen LogP contribution in [-0.4, -0.2) is 30.3 Å². The van der Waals surface area contributed by atoms with Crippen LogP contribution in [0.15, 0.2) is 67.4 Å². The van der Waals surface area contributed by atoms with E-state index in [4.69, 9.17) is 5.84 Å². The molecule has 0 saturated carbocycles. The van der Waals surface area contributed by atoms with Gasteiger partial charge in [0, 0.05) is 43.5 Å². The molecule has 1 aromatic carbocycles. The zero-order chi connectivity index (χ0) is 21.0. The van der Waals surface area contributed by atoms with Gasteiger partial charge in [-0.25, -0.2) is 10.8 Å². The van der Waals surface area contributed by atoms with Crippen LogP contribution in [0.4, 0.5) is 5.69 Å². The van der Waals surface area contributed by atoms with Crippen LogP contribution in [0, 0.1) is 0 Å². The molecule has 1 unspecified atom stereocenters.